The summed E-state index contributed by atoms with van der Waals surface area (Å²) in [5.74, 6) is 0.0672. The van der Waals surface area contributed by atoms with Crippen molar-refractivity contribution >= 4 is 27.5 Å². The molecule has 17 heavy (non-hydrogen) atoms. The van der Waals surface area contributed by atoms with Crippen LogP contribution in [0.4, 0.5) is 5.69 Å². The van der Waals surface area contributed by atoms with Crippen molar-refractivity contribution in [2.75, 3.05) is 5.32 Å². The van der Waals surface area contributed by atoms with E-state index in [0.717, 1.165) is 11.3 Å². The molecule has 2 aromatic rings. The maximum atomic E-state index is 11.8. The van der Waals surface area contributed by atoms with Crippen LogP contribution < -0.4 is 5.32 Å². The van der Waals surface area contributed by atoms with Gasteiger partial charge in [-0.3, -0.25) is 4.79 Å². The summed E-state index contributed by atoms with van der Waals surface area (Å²) in [6, 6.07) is 11.0. The highest BCUT2D eigenvalue weighted by molar-refractivity contribution is 9.09. The summed E-state index contributed by atoms with van der Waals surface area (Å²) in [5, 5.41) is 2.83. The molecule has 1 N–H and O–H groups in total. The summed E-state index contributed by atoms with van der Waals surface area (Å²) in [4.78, 5) is 12.0. The van der Waals surface area contributed by atoms with Crippen molar-refractivity contribution in [1.29, 1.82) is 0 Å². The second kappa shape index (κ2) is 5.19. The molecule has 0 radical (unpaired) electrons. The number of nitrogens with one attached hydrogen (secondary N) is 1. The average Bonchev–Trinajstić information content (AvgIpc) is 2.83. The molecule has 0 aliphatic carbocycles. The maximum absolute atomic E-state index is 11.8. The smallest absolute Gasteiger partial charge is 0.291 e. The third kappa shape index (κ3) is 2.77. The molecular formula is C13H12BrNO2. The summed E-state index contributed by atoms with van der Waals surface area (Å²) >= 11 is 3.50. The molecule has 88 valence electrons. The van der Waals surface area contributed by atoms with Gasteiger partial charge in [-0.25, -0.2) is 0 Å². The maximum Gasteiger partial charge on any atom is 0.291 e. The van der Waals surface area contributed by atoms with E-state index in [1.165, 1.54) is 6.26 Å². The Morgan fingerprint density at radius 3 is 2.71 bits per heavy atom. The van der Waals surface area contributed by atoms with E-state index in [9.17, 15) is 4.79 Å². The minimum absolute atomic E-state index is 0.176. The Morgan fingerprint density at radius 1 is 1.29 bits per heavy atom. The highest BCUT2D eigenvalue weighted by Gasteiger charge is 2.12. The molecule has 1 aromatic heterocycles. The number of carbonyl (C=O) groups is 1. The van der Waals surface area contributed by atoms with Gasteiger partial charge in [-0.2, -0.15) is 0 Å². The van der Waals surface area contributed by atoms with Crippen molar-refractivity contribution in [3.05, 3.63) is 54.0 Å². The zero-order chi connectivity index (χ0) is 12.3. The van der Waals surface area contributed by atoms with Gasteiger partial charge < -0.3 is 9.73 Å². The molecule has 0 aliphatic heterocycles. The van der Waals surface area contributed by atoms with E-state index >= 15 is 0 Å². The van der Waals surface area contributed by atoms with Crippen LogP contribution in [-0.2, 0) is 0 Å². The molecule has 1 heterocycles. The van der Waals surface area contributed by atoms with Crippen LogP contribution in [-0.4, -0.2) is 5.91 Å². The van der Waals surface area contributed by atoms with Gasteiger partial charge in [-0.05, 0) is 30.7 Å². The fraction of sp³-hybridized carbons (Fsp3) is 0.154. The van der Waals surface area contributed by atoms with Gasteiger partial charge in [0.15, 0.2) is 5.76 Å². The number of anilines is 1. The number of amides is 1. The van der Waals surface area contributed by atoms with E-state index in [0.29, 0.717) is 5.76 Å². The third-order valence-corrected chi connectivity index (χ3v) is 2.88. The molecule has 0 aliphatic rings. The van der Waals surface area contributed by atoms with Crippen LogP contribution in [0.25, 0.3) is 0 Å². The van der Waals surface area contributed by atoms with Gasteiger partial charge in [0.05, 0.1) is 6.26 Å². The molecule has 0 bridgehead atoms. The van der Waals surface area contributed by atoms with Crippen molar-refractivity contribution < 1.29 is 9.21 Å². The summed E-state index contributed by atoms with van der Waals surface area (Å²) in [7, 11) is 0. The first-order valence-electron chi connectivity index (χ1n) is 5.26. The Morgan fingerprint density at radius 2 is 2.06 bits per heavy atom. The van der Waals surface area contributed by atoms with Crippen molar-refractivity contribution in [2.45, 2.75) is 11.8 Å². The minimum atomic E-state index is -0.240. The van der Waals surface area contributed by atoms with Gasteiger partial charge in [0.25, 0.3) is 5.91 Å². The van der Waals surface area contributed by atoms with Crippen molar-refractivity contribution in [1.82, 2.24) is 0 Å². The van der Waals surface area contributed by atoms with Crippen LogP contribution >= 0.6 is 15.9 Å². The Balaban J connectivity index is 2.22. The standard InChI is InChI=1S/C13H12BrNO2/c1-9(14)10-5-2-3-6-11(10)15-13(16)12-7-4-8-17-12/h2-9H,1H3,(H,15,16). The number of alkyl halides is 1. The monoisotopic (exact) mass is 293 g/mol. The molecule has 0 spiro atoms. The van der Waals surface area contributed by atoms with Gasteiger partial charge in [-0.15, -0.1) is 0 Å². The Bertz CT molecular complexity index is 506. The largest absolute Gasteiger partial charge is 0.459 e. The molecule has 1 amide bonds. The summed E-state index contributed by atoms with van der Waals surface area (Å²) in [6.45, 7) is 2.01. The molecule has 1 atom stereocenters. The second-order valence-corrected chi connectivity index (χ2v) is 5.01. The number of rotatable bonds is 3. The lowest BCUT2D eigenvalue weighted by Gasteiger charge is -2.11. The Labute approximate surface area is 108 Å². The first-order chi connectivity index (χ1) is 8.18. The van der Waals surface area contributed by atoms with E-state index in [1.54, 1.807) is 12.1 Å². The average molecular weight is 294 g/mol. The van der Waals surface area contributed by atoms with Gasteiger partial charge in [0.1, 0.15) is 0 Å². The molecule has 2 rings (SSSR count). The number of furan rings is 1. The minimum Gasteiger partial charge on any atom is -0.459 e. The number of carbonyl (C=O) groups excluding carboxylic acids is 1. The fourth-order valence-corrected chi connectivity index (χ4v) is 1.95. The molecule has 0 saturated carbocycles. The lowest BCUT2D eigenvalue weighted by molar-refractivity contribution is 0.0996. The second-order valence-electron chi connectivity index (χ2n) is 3.63. The van der Waals surface area contributed by atoms with Gasteiger partial charge in [0.2, 0.25) is 0 Å². The molecule has 0 saturated heterocycles. The zero-order valence-corrected chi connectivity index (χ0v) is 10.9. The van der Waals surface area contributed by atoms with Gasteiger partial charge in [0, 0.05) is 10.5 Å². The van der Waals surface area contributed by atoms with Crippen molar-refractivity contribution in [2.24, 2.45) is 0 Å². The lowest BCUT2D eigenvalue weighted by atomic mass is 10.1. The predicted octanol–water partition coefficient (Wildman–Crippen LogP) is 3.99. The van der Waals surface area contributed by atoms with E-state index < -0.39 is 0 Å². The van der Waals surface area contributed by atoms with Crippen LogP contribution in [0.2, 0.25) is 0 Å². The van der Waals surface area contributed by atoms with Crippen LogP contribution in [0, 0.1) is 0 Å². The molecule has 1 aromatic carbocycles. The normalized spacial score (nSPS) is 12.1. The highest BCUT2D eigenvalue weighted by atomic mass is 79.9. The third-order valence-electron chi connectivity index (χ3n) is 2.38. The topological polar surface area (TPSA) is 42.2 Å². The fourth-order valence-electron chi connectivity index (χ4n) is 1.55. The van der Waals surface area contributed by atoms with E-state index in [-0.39, 0.29) is 10.7 Å². The van der Waals surface area contributed by atoms with E-state index in [2.05, 4.69) is 21.2 Å². The SMILES string of the molecule is CC(Br)c1ccccc1NC(=O)c1ccco1. The van der Waals surface area contributed by atoms with Gasteiger partial charge >= 0.3 is 0 Å². The number of hydrogen-bond acceptors (Lipinski definition) is 2. The van der Waals surface area contributed by atoms with Crippen LogP contribution in [0.3, 0.4) is 0 Å². The number of hydrogen-bond donors (Lipinski definition) is 1. The first-order valence-corrected chi connectivity index (χ1v) is 6.18. The molecule has 1 unspecified atom stereocenters. The van der Waals surface area contributed by atoms with Crippen molar-refractivity contribution in [3.63, 3.8) is 0 Å². The molecule has 3 nitrogen and oxygen atoms in total. The number of halogens is 1. The quantitative estimate of drug-likeness (QED) is 0.870. The first kappa shape index (κ1) is 11.9. The Kier molecular flexibility index (Phi) is 3.64. The molecule has 4 heteroatoms. The molecular weight excluding hydrogens is 282 g/mol. The number of benzene rings is 1. The van der Waals surface area contributed by atoms with Crippen LogP contribution in [0.5, 0.6) is 0 Å². The zero-order valence-electron chi connectivity index (χ0n) is 9.31. The van der Waals surface area contributed by atoms with E-state index in [4.69, 9.17) is 4.42 Å². The van der Waals surface area contributed by atoms with E-state index in [1.807, 2.05) is 31.2 Å². The summed E-state index contributed by atoms with van der Waals surface area (Å²) in [5.41, 5.74) is 1.82. The highest BCUT2D eigenvalue weighted by Crippen LogP contribution is 2.28. The predicted molar refractivity (Wildman–Crippen MR) is 70.4 cm³/mol. The summed E-state index contributed by atoms with van der Waals surface area (Å²) in [6.07, 6.45) is 1.48. The molecule has 0 fully saturated rings. The van der Waals surface area contributed by atoms with Crippen molar-refractivity contribution in [3.8, 4) is 0 Å². The van der Waals surface area contributed by atoms with Gasteiger partial charge in [-0.1, -0.05) is 34.1 Å². The Hall–Kier alpha value is -1.55. The van der Waals surface area contributed by atoms with Crippen LogP contribution in [0.15, 0.2) is 47.1 Å². The lowest BCUT2D eigenvalue weighted by Crippen LogP contribution is -2.12. The summed E-state index contributed by atoms with van der Waals surface area (Å²) < 4.78 is 5.04. The van der Waals surface area contributed by atoms with Crippen LogP contribution in [0.1, 0.15) is 27.9 Å². The number of para-hydroxylation sites is 1.